The maximum absolute atomic E-state index is 13.6. The summed E-state index contributed by atoms with van der Waals surface area (Å²) in [5.74, 6) is 1.20. The van der Waals surface area contributed by atoms with Crippen LogP contribution in [0.25, 0.3) is 21.9 Å². The average Bonchev–Trinajstić information content (AvgIpc) is 3.02. The maximum atomic E-state index is 13.6. The zero-order valence-corrected chi connectivity index (χ0v) is 23.6. The van der Waals surface area contributed by atoms with E-state index in [0.717, 1.165) is 50.5 Å². The van der Waals surface area contributed by atoms with E-state index in [9.17, 15) is 13.2 Å². The second-order valence-electron chi connectivity index (χ2n) is 10.1. The fraction of sp³-hybridized carbons (Fsp3) is 0.0278. The van der Waals surface area contributed by atoms with Crippen molar-refractivity contribution < 1.29 is 17.9 Å². The van der Waals surface area contributed by atoms with E-state index in [0.29, 0.717) is 0 Å². The molecule has 204 valence electrons. The Balaban J connectivity index is 1.43. The van der Waals surface area contributed by atoms with Gasteiger partial charge in [0.2, 0.25) is 9.84 Å². The average molecular weight is 568 g/mol. The number of benzene rings is 5. The second-order valence-corrected chi connectivity index (χ2v) is 12.0. The summed E-state index contributed by atoms with van der Waals surface area (Å²) in [6.07, 6.45) is 4.44. The smallest absolute Gasteiger partial charge is 0.208 e. The molecular weight excluding hydrogens is 542 g/mol. The SMILES string of the molecule is C=CC1=C(/C=C\C)C(=O)c2cc(-c3cccc4c(N5c6ccccc6Oc6ccccc65)cccc34)ccc2S1(=O)=O. The highest BCUT2D eigenvalue weighted by Crippen LogP contribution is 2.52. The summed E-state index contributed by atoms with van der Waals surface area (Å²) in [6, 6.07) is 33.1. The van der Waals surface area contributed by atoms with Crippen molar-refractivity contribution in [1.82, 2.24) is 0 Å². The van der Waals surface area contributed by atoms with Gasteiger partial charge in [-0.2, -0.15) is 0 Å². The molecule has 0 N–H and O–H groups in total. The molecule has 0 radical (unpaired) electrons. The highest BCUT2D eigenvalue weighted by molar-refractivity contribution is 7.95. The number of fused-ring (bicyclic) bond motifs is 4. The number of anilines is 3. The Kier molecular flexibility index (Phi) is 5.96. The van der Waals surface area contributed by atoms with Crippen molar-refractivity contribution in [2.24, 2.45) is 0 Å². The number of para-hydroxylation sites is 4. The summed E-state index contributed by atoms with van der Waals surface area (Å²) in [4.78, 5) is 15.7. The molecule has 42 heavy (non-hydrogen) atoms. The number of rotatable bonds is 4. The van der Waals surface area contributed by atoms with Gasteiger partial charge in [0.25, 0.3) is 0 Å². The molecule has 0 spiro atoms. The Bertz CT molecular complexity index is 2090. The third-order valence-corrected chi connectivity index (χ3v) is 9.62. The minimum absolute atomic E-state index is 0.00172. The predicted molar refractivity (Wildman–Crippen MR) is 168 cm³/mol. The van der Waals surface area contributed by atoms with Gasteiger partial charge >= 0.3 is 0 Å². The van der Waals surface area contributed by atoms with Gasteiger partial charge in [0.15, 0.2) is 17.3 Å². The Labute approximate surface area is 244 Å². The molecule has 2 aliphatic heterocycles. The van der Waals surface area contributed by atoms with Crippen LogP contribution < -0.4 is 9.64 Å². The highest BCUT2D eigenvalue weighted by Gasteiger charge is 2.35. The van der Waals surface area contributed by atoms with Crippen molar-refractivity contribution >= 4 is 43.5 Å². The first-order valence-corrected chi connectivity index (χ1v) is 15.0. The minimum Gasteiger partial charge on any atom is -0.453 e. The van der Waals surface area contributed by atoms with Gasteiger partial charge in [0.05, 0.1) is 26.9 Å². The number of nitrogens with zero attached hydrogens (tertiary/aromatic N) is 1. The minimum atomic E-state index is -3.89. The molecule has 0 amide bonds. The molecule has 0 saturated carbocycles. The van der Waals surface area contributed by atoms with Crippen LogP contribution in [0.15, 0.2) is 143 Å². The molecule has 7 rings (SSSR count). The summed E-state index contributed by atoms with van der Waals surface area (Å²) in [5.41, 5.74) is 4.77. The number of hydrogen-bond donors (Lipinski definition) is 0. The zero-order valence-electron chi connectivity index (χ0n) is 22.7. The zero-order chi connectivity index (χ0) is 29.0. The Hall–Kier alpha value is -5.20. The van der Waals surface area contributed by atoms with Crippen molar-refractivity contribution in [3.8, 4) is 22.6 Å². The summed E-state index contributed by atoms with van der Waals surface area (Å²) in [7, 11) is -3.89. The largest absolute Gasteiger partial charge is 0.453 e. The number of sulfone groups is 1. The molecule has 0 aliphatic carbocycles. The Morgan fingerprint density at radius 3 is 2.07 bits per heavy atom. The molecular formula is C36H25NO4S. The fourth-order valence-electron chi connectivity index (χ4n) is 5.88. The summed E-state index contributed by atoms with van der Waals surface area (Å²) in [6.45, 7) is 5.41. The number of hydrogen-bond acceptors (Lipinski definition) is 5. The molecule has 0 unspecified atom stereocenters. The van der Waals surface area contributed by atoms with Crippen molar-refractivity contribution in [1.29, 1.82) is 0 Å². The molecule has 5 aromatic rings. The lowest BCUT2D eigenvalue weighted by molar-refractivity contribution is 0.103. The molecule has 2 heterocycles. The third kappa shape index (κ3) is 3.76. The molecule has 0 bridgehead atoms. The number of ether oxygens (including phenoxy) is 1. The molecule has 0 atom stereocenters. The Morgan fingerprint density at radius 1 is 0.738 bits per heavy atom. The third-order valence-electron chi connectivity index (χ3n) is 7.72. The van der Waals surface area contributed by atoms with Gasteiger partial charge in [-0.15, -0.1) is 0 Å². The first-order chi connectivity index (χ1) is 20.4. The number of carbonyl (C=O) groups is 1. The van der Waals surface area contributed by atoms with E-state index in [4.69, 9.17) is 4.74 Å². The molecule has 2 aliphatic rings. The van der Waals surface area contributed by atoms with E-state index in [1.807, 2.05) is 72.8 Å². The molecule has 6 heteroatoms. The van der Waals surface area contributed by atoms with E-state index in [1.165, 1.54) is 18.2 Å². The van der Waals surface area contributed by atoms with E-state index in [-0.39, 0.29) is 26.7 Å². The fourth-order valence-corrected chi connectivity index (χ4v) is 7.47. The van der Waals surface area contributed by atoms with Crippen molar-refractivity contribution in [3.63, 3.8) is 0 Å². The van der Waals surface area contributed by atoms with Gasteiger partial charge in [0.1, 0.15) is 0 Å². The number of Topliss-reactive ketones (excluding diaryl/α,β-unsaturated/α-hetero) is 1. The van der Waals surface area contributed by atoms with Crippen LogP contribution in [0.1, 0.15) is 17.3 Å². The maximum Gasteiger partial charge on any atom is 0.208 e. The molecule has 0 saturated heterocycles. The normalized spacial score (nSPS) is 15.3. The van der Waals surface area contributed by atoms with Crippen LogP contribution >= 0.6 is 0 Å². The molecule has 0 fully saturated rings. The highest BCUT2D eigenvalue weighted by atomic mass is 32.2. The van der Waals surface area contributed by atoms with Gasteiger partial charge in [-0.3, -0.25) is 4.79 Å². The molecule has 5 nitrogen and oxygen atoms in total. The van der Waals surface area contributed by atoms with E-state index >= 15 is 0 Å². The molecule has 0 aromatic heterocycles. The second kappa shape index (κ2) is 9.72. The monoisotopic (exact) mass is 567 g/mol. The van der Waals surface area contributed by atoms with Crippen molar-refractivity contribution in [3.05, 3.63) is 144 Å². The number of ketones is 1. The van der Waals surface area contributed by atoms with Crippen LogP contribution in [0.2, 0.25) is 0 Å². The van der Waals surface area contributed by atoms with Gasteiger partial charge in [0, 0.05) is 16.5 Å². The van der Waals surface area contributed by atoms with Gasteiger partial charge in [-0.1, -0.05) is 79.4 Å². The first kappa shape index (κ1) is 25.7. The van der Waals surface area contributed by atoms with Crippen molar-refractivity contribution in [2.45, 2.75) is 11.8 Å². The first-order valence-electron chi connectivity index (χ1n) is 13.6. The van der Waals surface area contributed by atoms with E-state index in [1.54, 1.807) is 25.1 Å². The summed E-state index contributed by atoms with van der Waals surface area (Å²) >= 11 is 0. The van der Waals surface area contributed by atoms with Crippen LogP contribution in [0.3, 0.4) is 0 Å². The van der Waals surface area contributed by atoms with Crippen LogP contribution in [0.5, 0.6) is 11.5 Å². The Morgan fingerprint density at radius 2 is 1.38 bits per heavy atom. The van der Waals surface area contributed by atoms with Crippen LogP contribution in [-0.4, -0.2) is 14.2 Å². The van der Waals surface area contributed by atoms with Crippen LogP contribution in [0.4, 0.5) is 17.1 Å². The summed E-state index contributed by atoms with van der Waals surface area (Å²) < 4.78 is 33.1. The van der Waals surface area contributed by atoms with Gasteiger partial charge in [-0.05, 0) is 72.0 Å². The van der Waals surface area contributed by atoms with Crippen LogP contribution in [0, 0.1) is 0 Å². The predicted octanol–water partition coefficient (Wildman–Crippen LogP) is 9.07. The lowest BCUT2D eigenvalue weighted by Crippen LogP contribution is -2.20. The topological polar surface area (TPSA) is 63.7 Å². The molecule has 5 aromatic carbocycles. The lowest BCUT2D eigenvalue weighted by Gasteiger charge is -2.33. The number of carbonyl (C=O) groups excluding carboxylic acids is 1. The van der Waals surface area contributed by atoms with Crippen LogP contribution in [-0.2, 0) is 9.84 Å². The van der Waals surface area contributed by atoms with Crippen molar-refractivity contribution in [2.75, 3.05) is 4.90 Å². The van der Waals surface area contributed by atoms with Gasteiger partial charge < -0.3 is 9.64 Å². The van der Waals surface area contributed by atoms with E-state index in [2.05, 4.69) is 23.6 Å². The summed E-state index contributed by atoms with van der Waals surface area (Å²) in [5, 5.41) is 1.97. The van der Waals surface area contributed by atoms with Gasteiger partial charge in [-0.25, -0.2) is 8.42 Å². The quantitative estimate of drug-likeness (QED) is 0.213. The van der Waals surface area contributed by atoms with E-state index < -0.39 is 9.84 Å². The lowest BCUT2D eigenvalue weighted by atomic mass is 9.93. The standard InChI is InChI=1S/C36H25NO4S/c1-3-11-27-34(4-2)42(39,40)35-21-20-23(22-28(35)36(27)38)24-12-9-14-26-25(24)13-10-17-29(26)37-30-15-5-7-18-32(30)41-33-19-8-6-16-31(33)37/h3-22H,2H2,1H3/b11-3-. The number of allylic oxidation sites excluding steroid dienone is 4.